The van der Waals surface area contributed by atoms with Crippen LogP contribution in [0.2, 0.25) is 0 Å². The predicted molar refractivity (Wildman–Crippen MR) is 96.3 cm³/mol. The zero-order chi connectivity index (χ0) is 16.2. The molecule has 0 amide bonds. The second-order valence-corrected chi connectivity index (χ2v) is 7.98. The summed E-state index contributed by atoms with van der Waals surface area (Å²) < 4.78 is 12.0. The van der Waals surface area contributed by atoms with Crippen molar-refractivity contribution in [3.63, 3.8) is 0 Å². The average molecular weight is 335 g/mol. The van der Waals surface area contributed by atoms with Gasteiger partial charge in [0.1, 0.15) is 0 Å². The van der Waals surface area contributed by atoms with E-state index >= 15 is 0 Å². The number of nitrogens with zero attached hydrogens (tertiary/aromatic N) is 2. The van der Waals surface area contributed by atoms with E-state index in [0.29, 0.717) is 24.3 Å². The average Bonchev–Trinajstić information content (AvgIpc) is 2.65. The van der Waals surface area contributed by atoms with Gasteiger partial charge in [-0.05, 0) is 25.7 Å². The maximum atomic E-state index is 5.98. The molecule has 4 nitrogen and oxygen atoms in total. The van der Waals surface area contributed by atoms with Gasteiger partial charge < -0.3 is 9.47 Å². The summed E-state index contributed by atoms with van der Waals surface area (Å²) in [7, 11) is 0. The first kappa shape index (κ1) is 17.0. The summed E-state index contributed by atoms with van der Waals surface area (Å²) in [5, 5.41) is 0. The number of hydrogen-bond acceptors (Lipinski definition) is 4. The van der Waals surface area contributed by atoms with Gasteiger partial charge in [0, 0.05) is 38.3 Å². The van der Waals surface area contributed by atoms with Crippen LogP contribution < -0.4 is 0 Å². The molecule has 2 aliphatic carbocycles. The number of fused-ring (bicyclic) bond motifs is 2. The van der Waals surface area contributed by atoms with Gasteiger partial charge in [-0.2, -0.15) is 0 Å². The third-order valence-corrected chi connectivity index (χ3v) is 6.54. The third kappa shape index (κ3) is 3.87. The molecule has 4 aliphatic rings. The van der Waals surface area contributed by atoms with Crippen LogP contribution in [0.4, 0.5) is 0 Å². The Hall–Kier alpha value is -0.420. The second-order valence-electron chi connectivity index (χ2n) is 7.98. The van der Waals surface area contributed by atoms with E-state index in [0.717, 1.165) is 39.4 Å². The van der Waals surface area contributed by atoms with Crippen molar-refractivity contribution < 1.29 is 9.47 Å². The molecule has 4 heteroatoms. The Balaban J connectivity index is 1.26. The maximum Gasteiger partial charge on any atom is 0.0731 e. The molecule has 136 valence electrons. The summed E-state index contributed by atoms with van der Waals surface area (Å²) in [6, 6.07) is 1.34. The largest absolute Gasteiger partial charge is 0.375 e. The molecule has 4 fully saturated rings. The minimum atomic E-state index is 0.503. The van der Waals surface area contributed by atoms with Gasteiger partial charge in [0.2, 0.25) is 0 Å². The van der Waals surface area contributed by atoms with Crippen molar-refractivity contribution >= 4 is 0 Å². The fraction of sp³-hybridized carbons (Fsp3) is 0.900. The van der Waals surface area contributed by atoms with Crippen LogP contribution in [0.25, 0.3) is 0 Å². The molecular formula is C20H34N2O2. The summed E-state index contributed by atoms with van der Waals surface area (Å²) >= 11 is 0. The molecule has 4 rings (SSSR count). The van der Waals surface area contributed by atoms with Crippen molar-refractivity contribution in [3.8, 4) is 0 Å². The molecule has 0 aromatic rings. The van der Waals surface area contributed by atoms with Crippen LogP contribution in [0.1, 0.15) is 51.4 Å². The van der Waals surface area contributed by atoms with Crippen molar-refractivity contribution in [3.05, 3.63) is 12.2 Å². The van der Waals surface area contributed by atoms with Gasteiger partial charge in [0.15, 0.2) is 0 Å². The minimum Gasteiger partial charge on any atom is -0.375 e. The number of rotatable bonds is 4. The van der Waals surface area contributed by atoms with Crippen LogP contribution in [0.3, 0.4) is 0 Å². The highest BCUT2D eigenvalue weighted by atomic mass is 16.5. The standard InChI is InChI=1S/C20H34N2O2/c1-3-9-19-17(7-1)21(13-15-23-19)11-5-6-12-22-14-16-24-20-10-4-2-8-18(20)22/h5-6,17-20H,1-4,7-16H2/b6-5+. The lowest BCUT2D eigenvalue weighted by Crippen LogP contribution is -2.53. The summed E-state index contributed by atoms with van der Waals surface area (Å²) in [6.07, 6.45) is 16.5. The van der Waals surface area contributed by atoms with Crippen LogP contribution in [0.5, 0.6) is 0 Å². The van der Waals surface area contributed by atoms with Gasteiger partial charge in [-0.1, -0.05) is 37.8 Å². The Bertz CT molecular complexity index is 386. The molecular weight excluding hydrogens is 300 g/mol. The molecule has 0 N–H and O–H groups in total. The van der Waals surface area contributed by atoms with Crippen molar-refractivity contribution in [1.82, 2.24) is 9.80 Å². The summed E-state index contributed by atoms with van der Waals surface area (Å²) in [4.78, 5) is 5.32. The van der Waals surface area contributed by atoms with Crippen LogP contribution in [0.15, 0.2) is 12.2 Å². The van der Waals surface area contributed by atoms with Crippen molar-refractivity contribution in [1.29, 1.82) is 0 Å². The van der Waals surface area contributed by atoms with Crippen LogP contribution in [0, 0.1) is 0 Å². The SMILES string of the molecule is C(=C\CN1CCOC2CCCCC21)/CN1CCOC2CCCCC21. The normalized spacial score (nSPS) is 38.8. The fourth-order valence-corrected chi connectivity index (χ4v) is 5.23. The van der Waals surface area contributed by atoms with E-state index in [1.165, 1.54) is 51.4 Å². The lowest BCUT2D eigenvalue weighted by molar-refractivity contribution is -0.0853. The van der Waals surface area contributed by atoms with Gasteiger partial charge in [-0.15, -0.1) is 0 Å². The fourth-order valence-electron chi connectivity index (χ4n) is 5.23. The van der Waals surface area contributed by atoms with Gasteiger partial charge in [0.25, 0.3) is 0 Å². The van der Waals surface area contributed by atoms with Crippen LogP contribution >= 0.6 is 0 Å². The maximum absolute atomic E-state index is 5.98. The Labute approximate surface area is 147 Å². The van der Waals surface area contributed by atoms with E-state index in [-0.39, 0.29) is 0 Å². The molecule has 24 heavy (non-hydrogen) atoms. The zero-order valence-electron chi connectivity index (χ0n) is 15.1. The van der Waals surface area contributed by atoms with Crippen molar-refractivity contribution in [2.75, 3.05) is 39.4 Å². The molecule has 4 atom stereocenters. The topological polar surface area (TPSA) is 24.9 Å². The molecule has 0 aromatic heterocycles. The lowest BCUT2D eigenvalue weighted by Gasteiger charge is -2.44. The van der Waals surface area contributed by atoms with E-state index in [9.17, 15) is 0 Å². The Morgan fingerprint density at radius 2 is 1.12 bits per heavy atom. The molecule has 2 aliphatic heterocycles. The van der Waals surface area contributed by atoms with E-state index in [1.54, 1.807) is 0 Å². The highest BCUT2D eigenvalue weighted by Gasteiger charge is 2.34. The van der Waals surface area contributed by atoms with E-state index in [1.807, 2.05) is 0 Å². The van der Waals surface area contributed by atoms with Gasteiger partial charge in [-0.3, -0.25) is 9.80 Å². The van der Waals surface area contributed by atoms with Crippen LogP contribution in [-0.4, -0.2) is 73.5 Å². The highest BCUT2D eigenvalue weighted by Crippen LogP contribution is 2.29. The summed E-state index contributed by atoms with van der Waals surface area (Å²) in [5.41, 5.74) is 0. The quantitative estimate of drug-likeness (QED) is 0.738. The second kappa shape index (κ2) is 8.31. The molecule has 4 unspecified atom stereocenters. The molecule has 0 radical (unpaired) electrons. The predicted octanol–water partition coefficient (Wildman–Crippen LogP) is 2.83. The first-order chi connectivity index (χ1) is 11.9. The van der Waals surface area contributed by atoms with Gasteiger partial charge in [-0.25, -0.2) is 0 Å². The molecule has 2 saturated heterocycles. The number of morpholine rings is 2. The lowest BCUT2D eigenvalue weighted by atomic mass is 9.90. The smallest absolute Gasteiger partial charge is 0.0731 e. The number of hydrogen-bond donors (Lipinski definition) is 0. The van der Waals surface area contributed by atoms with Gasteiger partial charge >= 0.3 is 0 Å². The number of ether oxygens (including phenoxy) is 2. The first-order valence-corrected chi connectivity index (χ1v) is 10.3. The Morgan fingerprint density at radius 3 is 1.62 bits per heavy atom. The van der Waals surface area contributed by atoms with Crippen molar-refractivity contribution in [2.24, 2.45) is 0 Å². The zero-order valence-corrected chi connectivity index (χ0v) is 15.1. The van der Waals surface area contributed by atoms with E-state index < -0.39 is 0 Å². The Morgan fingerprint density at radius 1 is 0.667 bits per heavy atom. The molecule has 2 saturated carbocycles. The monoisotopic (exact) mass is 334 g/mol. The van der Waals surface area contributed by atoms with Crippen LogP contribution in [-0.2, 0) is 9.47 Å². The van der Waals surface area contributed by atoms with E-state index in [4.69, 9.17) is 9.47 Å². The third-order valence-electron chi connectivity index (χ3n) is 6.54. The molecule has 0 bridgehead atoms. The van der Waals surface area contributed by atoms with Gasteiger partial charge in [0.05, 0.1) is 25.4 Å². The molecule has 0 aromatic carbocycles. The minimum absolute atomic E-state index is 0.503. The highest BCUT2D eigenvalue weighted by molar-refractivity contribution is 4.96. The van der Waals surface area contributed by atoms with Crippen molar-refractivity contribution in [2.45, 2.75) is 75.7 Å². The van der Waals surface area contributed by atoms with E-state index in [2.05, 4.69) is 22.0 Å². The summed E-state index contributed by atoms with van der Waals surface area (Å²) in [5.74, 6) is 0. The molecule has 2 heterocycles. The first-order valence-electron chi connectivity index (χ1n) is 10.3. The molecule has 0 spiro atoms. The Kier molecular flexibility index (Phi) is 5.89. The summed E-state index contributed by atoms with van der Waals surface area (Å²) in [6.45, 7) is 6.25.